The van der Waals surface area contributed by atoms with Gasteiger partial charge in [0.1, 0.15) is 12.4 Å². The lowest BCUT2D eigenvalue weighted by molar-refractivity contribution is 0.254. The highest BCUT2D eigenvalue weighted by atomic mass is 16.3. The van der Waals surface area contributed by atoms with Crippen LogP contribution in [0.25, 0.3) is 0 Å². The predicted molar refractivity (Wildman–Crippen MR) is 55.9 cm³/mol. The first-order valence-electron chi connectivity index (χ1n) is 5.15. The summed E-state index contributed by atoms with van der Waals surface area (Å²) >= 11 is 0. The summed E-state index contributed by atoms with van der Waals surface area (Å²) in [6.07, 6.45) is 3.64. The molecule has 0 spiro atoms. The van der Waals surface area contributed by atoms with Crippen molar-refractivity contribution in [1.82, 2.24) is 14.5 Å². The number of nitrogens with zero attached hydrogens (tertiary/aromatic N) is 3. The minimum absolute atomic E-state index is 0.0191. The standard InChI is InChI=1S/C10H19N3O/c1-3-12(4-2)7-8-13-6-5-11-10(13)9-14/h5-6,14H,3-4,7-9H2,1-2H3. The summed E-state index contributed by atoms with van der Waals surface area (Å²) in [4.78, 5) is 6.41. The average Bonchev–Trinajstić information content (AvgIpc) is 2.67. The Hall–Kier alpha value is -0.870. The summed E-state index contributed by atoms with van der Waals surface area (Å²) in [5.74, 6) is 0.747. The average molecular weight is 197 g/mol. The van der Waals surface area contributed by atoms with E-state index in [1.807, 2.05) is 10.8 Å². The molecule has 4 nitrogen and oxygen atoms in total. The second-order valence-corrected chi connectivity index (χ2v) is 3.22. The second-order valence-electron chi connectivity index (χ2n) is 3.22. The third-order valence-electron chi connectivity index (χ3n) is 2.49. The van der Waals surface area contributed by atoms with Gasteiger partial charge in [-0.25, -0.2) is 4.98 Å². The van der Waals surface area contributed by atoms with Crippen LogP contribution in [0.2, 0.25) is 0 Å². The van der Waals surface area contributed by atoms with E-state index in [2.05, 4.69) is 23.7 Å². The van der Waals surface area contributed by atoms with Crippen molar-refractivity contribution in [1.29, 1.82) is 0 Å². The fourth-order valence-corrected chi connectivity index (χ4v) is 1.48. The number of aromatic nitrogens is 2. The molecule has 0 saturated heterocycles. The molecule has 0 saturated carbocycles. The van der Waals surface area contributed by atoms with Crippen molar-refractivity contribution < 1.29 is 5.11 Å². The maximum absolute atomic E-state index is 8.99. The number of imidazole rings is 1. The van der Waals surface area contributed by atoms with Gasteiger partial charge in [0.15, 0.2) is 0 Å². The van der Waals surface area contributed by atoms with Crippen molar-refractivity contribution >= 4 is 0 Å². The van der Waals surface area contributed by atoms with Gasteiger partial charge in [-0.15, -0.1) is 0 Å². The van der Waals surface area contributed by atoms with Crippen molar-refractivity contribution in [3.63, 3.8) is 0 Å². The van der Waals surface area contributed by atoms with Crippen LogP contribution in [0.15, 0.2) is 12.4 Å². The topological polar surface area (TPSA) is 41.3 Å². The van der Waals surface area contributed by atoms with Crippen LogP contribution in [0.5, 0.6) is 0 Å². The number of hydrogen-bond acceptors (Lipinski definition) is 3. The van der Waals surface area contributed by atoms with Crippen LogP contribution in [-0.2, 0) is 13.2 Å². The van der Waals surface area contributed by atoms with Crippen LogP contribution in [0.1, 0.15) is 19.7 Å². The molecule has 1 rings (SSSR count). The minimum atomic E-state index is 0.0191. The lowest BCUT2D eigenvalue weighted by Gasteiger charge is -2.18. The molecule has 1 aromatic rings. The molecule has 0 fully saturated rings. The minimum Gasteiger partial charge on any atom is -0.388 e. The molecular formula is C10H19N3O. The smallest absolute Gasteiger partial charge is 0.134 e. The Kier molecular flexibility index (Phi) is 4.62. The third kappa shape index (κ3) is 2.82. The number of aliphatic hydroxyl groups is 1. The van der Waals surface area contributed by atoms with Gasteiger partial charge in [0.2, 0.25) is 0 Å². The summed E-state index contributed by atoms with van der Waals surface area (Å²) in [7, 11) is 0. The van der Waals surface area contributed by atoms with Crippen LogP contribution in [0.4, 0.5) is 0 Å². The summed E-state index contributed by atoms with van der Waals surface area (Å²) < 4.78 is 2.00. The van der Waals surface area contributed by atoms with Crippen LogP contribution < -0.4 is 0 Å². The van der Waals surface area contributed by atoms with E-state index in [9.17, 15) is 0 Å². The van der Waals surface area contributed by atoms with E-state index < -0.39 is 0 Å². The van der Waals surface area contributed by atoms with Crippen molar-refractivity contribution in [2.75, 3.05) is 19.6 Å². The van der Waals surface area contributed by atoms with E-state index in [4.69, 9.17) is 5.11 Å². The van der Waals surface area contributed by atoms with Crippen molar-refractivity contribution in [2.24, 2.45) is 0 Å². The summed E-state index contributed by atoms with van der Waals surface area (Å²) in [5.41, 5.74) is 0. The normalized spacial score (nSPS) is 11.1. The Morgan fingerprint density at radius 1 is 1.43 bits per heavy atom. The SMILES string of the molecule is CCN(CC)CCn1ccnc1CO. The monoisotopic (exact) mass is 197 g/mol. The molecule has 0 radical (unpaired) electrons. The Bertz CT molecular complexity index is 256. The first-order valence-corrected chi connectivity index (χ1v) is 5.15. The zero-order valence-electron chi connectivity index (χ0n) is 8.98. The highest BCUT2D eigenvalue weighted by molar-refractivity contribution is 4.90. The zero-order valence-corrected chi connectivity index (χ0v) is 8.98. The fourth-order valence-electron chi connectivity index (χ4n) is 1.48. The summed E-state index contributed by atoms with van der Waals surface area (Å²) in [6, 6.07) is 0. The fraction of sp³-hybridized carbons (Fsp3) is 0.700. The Morgan fingerprint density at radius 2 is 2.14 bits per heavy atom. The van der Waals surface area contributed by atoms with E-state index in [1.54, 1.807) is 6.20 Å². The van der Waals surface area contributed by atoms with E-state index in [0.717, 1.165) is 32.0 Å². The molecule has 14 heavy (non-hydrogen) atoms. The van der Waals surface area contributed by atoms with Crippen molar-refractivity contribution in [3.8, 4) is 0 Å². The van der Waals surface area contributed by atoms with Crippen LogP contribution >= 0.6 is 0 Å². The molecule has 0 amide bonds. The first-order chi connectivity index (χ1) is 6.81. The summed E-state index contributed by atoms with van der Waals surface area (Å²) in [5, 5.41) is 8.99. The maximum atomic E-state index is 8.99. The zero-order chi connectivity index (χ0) is 10.4. The van der Waals surface area contributed by atoms with Gasteiger partial charge in [0.25, 0.3) is 0 Å². The molecule has 0 atom stereocenters. The predicted octanol–water partition coefficient (Wildman–Crippen LogP) is 0.717. The van der Waals surface area contributed by atoms with Gasteiger partial charge < -0.3 is 14.6 Å². The highest BCUT2D eigenvalue weighted by Gasteiger charge is 2.03. The van der Waals surface area contributed by atoms with E-state index in [1.165, 1.54) is 0 Å². The Balaban J connectivity index is 2.44. The maximum Gasteiger partial charge on any atom is 0.134 e. The van der Waals surface area contributed by atoms with Crippen LogP contribution in [0, 0.1) is 0 Å². The largest absolute Gasteiger partial charge is 0.388 e. The van der Waals surface area contributed by atoms with Crippen molar-refractivity contribution in [3.05, 3.63) is 18.2 Å². The molecule has 1 N–H and O–H groups in total. The third-order valence-corrected chi connectivity index (χ3v) is 2.49. The molecule has 4 heteroatoms. The molecule has 0 unspecified atom stereocenters. The number of rotatable bonds is 6. The van der Waals surface area contributed by atoms with E-state index in [0.29, 0.717) is 0 Å². The van der Waals surface area contributed by atoms with Crippen LogP contribution in [0.3, 0.4) is 0 Å². The molecule has 0 aliphatic heterocycles. The van der Waals surface area contributed by atoms with Gasteiger partial charge in [0, 0.05) is 25.5 Å². The van der Waals surface area contributed by atoms with Crippen LogP contribution in [-0.4, -0.2) is 39.2 Å². The lowest BCUT2D eigenvalue weighted by atomic mass is 10.4. The Morgan fingerprint density at radius 3 is 2.71 bits per heavy atom. The molecule has 0 aliphatic rings. The lowest BCUT2D eigenvalue weighted by Crippen LogP contribution is -2.27. The van der Waals surface area contributed by atoms with Gasteiger partial charge in [0.05, 0.1) is 0 Å². The second kappa shape index (κ2) is 5.78. The van der Waals surface area contributed by atoms with E-state index >= 15 is 0 Å². The molecule has 0 aliphatic carbocycles. The van der Waals surface area contributed by atoms with Gasteiger partial charge in [-0.05, 0) is 13.1 Å². The first kappa shape index (κ1) is 11.2. The van der Waals surface area contributed by atoms with Gasteiger partial charge in [-0.3, -0.25) is 0 Å². The number of likely N-dealkylation sites (N-methyl/N-ethyl adjacent to an activating group) is 1. The molecule has 1 aromatic heterocycles. The number of hydrogen-bond donors (Lipinski definition) is 1. The van der Waals surface area contributed by atoms with Gasteiger partial charge in [-0.2, -0.15) is 0 Å². The molecule has 0 aromatic carbocycles. The molecule has 80 valence electrons. The summed E-state index contributed by atoms with van der Waals surface area (Å²) in [6.45, 7) is 8.38. The molecular weight excluding hydrogens is 178 g/mol. The van der Waals surface area contributed by atoms with E-state index in [-0.39, 0.29) is 6.61 Å². The van der Waals surface area contributed by atoms with Crippen molar-refractivity contribution in [2.45, 2.75) is 27.0 Å². The molecule has 0 bridgehead atoms. The number of aliphatic hydroxyl groups excluding tert-OH is 1. The van der Waals surface area contributed by atoms with Gasteiger partial charge >= 0.3 is 0 Å². The molecule has 1 heterocycles. The quantitative estimate of drug-likeness (QED) is 0.730. The van der Waals surface area contributed by atoms with Gasteiger partial charge in [-0.1, -0.05) is 13.8 Å². The highest BCUT2D eigenvalue weighted by Crippen LogP contribution is 1.98. The Labute approximate surface area is 85.2 Å².